The van der Waals surface area contributed by atoms with Crippen LogP contribution < -0.4 is 0 Å². The van der Waals surface area contributed by atoms with Crippen molar-refractivity contribution in [1.29, 1.82) is 0 Å². The van der Waals surface area contributed by atoms with Crippen molar-refractivity contribution in [1.82, 2.24) is 4.90 Å². The van der Waals surface area contributed by atoms with E-state index in [0.717, 1.165) is 0 Å². The van der Waals surface area contributed by atoms with E-state index in [1.165, 1.54) is 6.07 Å². The van der Waals surface area contributed by atoms with Crippen LogP contribution in [0, 0.1) is 5.82 Å². The first-order chi connectivity index (χ1) is 8.02. The van der Waals surface area contributed by atoms with Crippen molar-refractivity contribution in [2.45, 2.75) is 6.54 Å². The summed E-state index contributed by atoms with van der Waals surface area (Å²) in [5.74, 6) is -1.39. The lowest BCUT2D eigenvalue weighted by Crippen LogP contribution is -2.29. The van der Waals surface area contributed by atoms with Crippen molar-refractivity contribution in [2.75, 3.05) is 13.1 Å². The molecule has 0 aliphatic heterocycles. The third kappa shape index (κ3) is 4.54. The lowest BCUT2D eigenvalue weighted by atomic mass is 10.2. The van der Waals surface area contributed by atoms with Crippen LogP contribution in [0.2, 0.25) is 5.02 Å². The zero-order valence-electron chi connectivity index (χ0n) is 9.20. The zero-order valence-corrected chi connectivity index (χ0v) is 9.95. The summed E-state index contributed by atoms with van der Waals surface area (Å²) >= 11 is 5.64. The maximum Gasteiger partial charge on any atom is 0.317 e. The Bertz CT molecular complexity index is 423. The quantitative estimate of drug-likeness (QED) is 0.797. The van der Waals surface area contributed by atoms with E-state index in [1.807, 2.05) is 0 Å². The van der Waals surface area contributed by atoms with Crippen LogP contribution in [0.4, 0.5) is 4.39 Å². The van der Waals surface area contributed by atoms with Gasteiger partial charge in [0, 0.05) is 23.7 Å². The monoisotopic (exact) mass is 257 g/mol. The first-order valence-electron chi connectivity index (χ1n) is 5.02. The molecule has 0 radical (unpaired) electrons. The van der Waals surface area contributed by atoms with E-state index >= 15 is 0 Å². The maximum absolute atomic E-state index is 13.5. The van der Waals surface area contributed by atoms with E-state index in [9.17, 15) is 9.18 Å². The predicted octanol–water partition coefficient (Wildman–Crippen LogP) is 2.55. The summed E-state index contributed by atoms with van der Waals surface area (Å²) < 4.78 is 13.5. The predicted molar refractivity (Wildman–Crippen MR) is 64.5 cm³/mol. The SMILES string of the molecule is C=CCN(CC(=O)O)Cc1ccc(Cl)cc1F. The molecule has 1 aromatic carbocycles. The molecule has 1 aromatic rings. The average molecular weight is 258 g/mol. The van der Waals surface area contributed by atoms with Crippen molar-refractivity contribution in [2.24, 2.45) is 0 Å². The van der Waals surface area contributed by atoms with Crippen molar-refractivity contribution in [3.63, 3.8) is 0 Å². The number of carboxylic acid groups (broad SMARTS) is 1. The fraction of sp³-hybridized carbons (Fsp3) is 0.250. The summed E-state index contributed by atoms with van der Waals surface area (Å²) in [6, 6.07) is 4.34. The summed E-state index contributed by atoms with van der Waals surface area (Å²) in [6.07, 6.45) is 1.58. The van der Waals surface area contributed by atoms with Crippen molar-refractivity contribution < 1.29 is 14.3 Å². The van der Waals surface area contributed by atoms with Crippen molar-refractivity contribution in [3.8, 4) is 0 Å². The van der Waals surface area contributed by atoms with Gasteiger partial charge < -0.3 is 5.11 Å². The van der Waals surface area contributed by atoms with Gasteiger partial charge in [-0.05, 0) is 12.1 Å². The van der Waals surface area contributed by atoms with Crippen LogP contribution in [0.15, 0.2) is 30.9 Å². The van der Waals surface area contributed by atoms with Crippen LogP contribution >= 0.6 is 11.6 Å². The van der Waals surface area contributed by atoms with E-state index in [-0.39, 0.29) is 13.1 Å². The van der Waals surface area contributed by atoms with Crippen LogP contribution in [0.3, 0.4) is 0 Å². The maximum atomic E-state index is 13.5. The first kappa shape index (κ1) is 13.7. The van der Waals surface area contributed by atoms with Gasteiger partial charge in [0.15, 0.2) is 0 Å². The summed E-state index contributed by atoms with van der Waals surface area (Å²) in [7, 11) is 0. The summed E-state index contributed by atoms with van der Waals surface area (Å²) in [4.78, 5) is 12.2. The highest BCUT2D eigenvalue weighted by Crippen LogP contribution is 2.16. The molecule has 0 saturated heterocycles. The smallest absolute Gasteiger partial charge is 0.317 e. The van der Waals surface area contributed by atoms with Gasteiger partial charge in [-0.25, -0.2) is 4.39 Å². The zero-order chi connectivity index (χ0) is 12.8. The van der Waals surface area contributed by atoms with Gasteiger partial charge in [0.25, 0.3) is 0 Å². The number of hydrogen-bond donors (Lipinski definition) is 1. The molecule has 0 aromatic heterocycles. The Morgan fingerprint density at radius 1 is 1.59 bits per heavy atom. The molecule has 5 heteroatoms. The van der Waals surface area contributed by atoms with Gasteiger partial charge in [-0.1, -0.05) is 23.7 Å². The molecule has 0 spiro atoms. The number of nitrogens with zero attached hydrogens (tertiary/aromatic N) is 1. The Morgan fingerprint density at radius 2 is 2.29 bits per heavy atom. The highest BCUT2D eigenvalue weighted by atomic mass is 35.5. The van der Waals surface area contributed by atoms with Gasteiger partial charge in [-0.3, -0.25) is 9.69 Å². The molecule has 1 N–H and O–H groups in total. The third-order valence-corrected chi connectivity index (χ3v) is 2.39. The summed E-state index contributed by atoms with van der Waals surface area (Å²) in [6.45, 7) is 3.97. The van der Waals surface area contributed by atoms with Gasteiger partial charge in [0.2, 0.25) is 0 Å². The topological polar surface area (TPSA) is 40.5 Å². The van der Waals surface area contributed by atoms with Gasteiger partial charge in [0.1, 0.15) is 5.82 Å². The molecular weight excluding hydrogens is 245 g/mol. The number of benzene rings is 1. The normalized spacial score (nSPS) is 10.5. The largest absolute Gasteiger partial charge is 0.480 e. The Morgan fingerprint density at radius 3 is 2.82 bits per heavy atom. The number of carbonyl (C=O) groups is 1. The lowest BCUT2D eigenvalue weighted by Gasteiger charge is -2.18. The molecule has 0 saturated carbocycles. The van der Waals surface area contributed by atoms with E-state index in [1.54, 1.807) is 23.1 Å². The molecule has 92 valence electrons. The molecule has 0 bridgehead atoms. The van der Waals surface area contributed by atoms with E-state index in [2.05, 4.69) is 6.58 Å². The molecule has 0 atom stereocenters. The number of halogens is 2. The highest BCUT2D eigenvalue weighted by molar-refractivity contribution is 6.30. The second kappa shape index (κ2) is 6.37. The molecule has 0 aliphatic rings. The van der Waals surface area contributed by atoms with Crippen molar-refractivity contribution >= 4 is 17.6 Å². The molecule has 0 amide bonds. The van der Waals surface area contributed by atoms with E-state index < -0.39 is 11.8 Å². The number of aliphatic carboxylic acids is 1. The Labute approximate surface area is 104 Å². The fourth-order valence-corrected chi connectivity index (χ4v) is 1.61. The summed E-state index contributed by atoms with van der Waals surface area (Å²) in [5.41, 5.74) is 0.414. The minimum atomic E-state index is -0.957. The molecule has 0 aliphatic carbocycles. The number of carboxylic acids is 1. The minimum absolute atomic E-state index is 0.159. The summed E-state index contributed by atoms with van der Waals surface area (Å²) in [5, 5.41) is 9.03. The van der Waals surface area contributed by atoms with Gasteiger partial charge >= 0.3 is 5.97 Å². The third-order valence-electron chi connectivity index (χ3n) is 2.16. The van der Waals surface area contributed by atoms with Crippen LogP contribution in [-0.2, 0) is 11.3 Å². The lowest BCUT2D eigenvalue weighted by molar-refractivity contribution is -0.138. The molecule has 1 rings (SSSR count). The molecule has 0 heterocycles. The van der Waals surface area contributed by atoms with E-state index in [0.29, 0.717) is 17.1 Å². The Hall–Kier alpha value is -1.39. The Balaban J connectivity index is 2.77. The van der Waals surface area contributed by atoms with Crippen LogP contribution in [0.25, 0.3) is 0 Å². The van der Waals surface area contributed by atoms with Crippen LogP contribution in [-0.4, -0.2) is 29.1 Å². The highest BCUT2D eigenvalue weighted by Gasteiger charge is 2.11. The van der Waals surface area contributed by atoms with Crippen molar-refractivity contribution in [3.05, 3.63) is 47.3 Å². The van der Waals surface area contributed by atoms with Gasteiger partial charge in [-0.2, -0.15) is 0 Å². The van der Waals surface area contributed by atoms with Gasteiger partial charge in [0.05, 0.1) is 6.54 Å². The average Bonchev–Trinajstić information content (AvgIpc) is 2.21. The van der Waals surface area contributed by atoms with E-state index in [4.69, 9.17) is 16.7 Å². The first-order valence-corrected chi connectivity index (χ1v) is 5.39. The molecule has 0 unspecified atom stereocenters. The molecular formula is C12H13ClFNO2. The standard InChI is InChI=1S/C12H13ClFNO2/c1-2-5-15(8-12(16)17)7-9-3-4-10(13)6-11(9)14/h2-4,6H,1,5,7-8H2,(H,16,17). The second-order valence-corrected chi connectivity index (χ2v) is 4.02. The van der Waals surface area contributed by atoms with Crippen LogP contribution in [0.5, 0.6) is 0 Å². The molecule has 17 heavy (non-hydrogen) atoms. The second-order valence-electron chi connectivity index (χ2n) is 3.59. The number of rotatable bonds is 6. The fourth-order valence-electron chi connectivity index (χ4n) is 1.45. The number of hydrogen-bond acceptors (Lipinski definition) is 2. The Kier molecular flexibility index (Phi) is 5.12. The van der Waals surface area contributed by atoms with Crippen LogP contribution in [0.1, 0.15) is 5.56 Å². The van der Waals surface area contributed by atoms with Gasteiger partial charge in [-0.15, -0.1) is 6.58 Å². The molecule has 0 fully saturated rings. The molecule has 3 nitrogen and oxygen atoms in total. The minimum Gasteiger partial charge on any atom is -0.480 e.